The molecule has 0 aliphatic carbocycles. The largest absolute Gasteiger partial charge is 0.252 e. The first kappa shape index (κ1) is 11.4. The summed E-state index contributed by atoms with van der Waals surface area (Å²) in [4.78, 5) is 4.14. The lowest BCUT2D eigenvalue weighted by Gasteiger charge is -2.04. The Hall–Kier alpha value is -1.70. The first-order valence-electron chi connectivity index (χ1n) is 4.96. The third kappa shape index (κ3) is 2.62. The predicted molar refractivity (Wildman–Crippen MR) is 63.0 cm³/mol. The Kier molecular flexibility index (Phi) is 3.98. The van der Waals surface area contributed by atoms with Crippen molar-refractivity contribution in [2.75, 3.05) is 0 Å². The molecule has 0 N–H and O–H groups in total. The standard InChI is InChI=1S/C13H17N2/c1-5-7-12(11(3)6-2)13-10-14-8-9-15(13)4/h5-10H,1H2,2-4H3/q+1/b11-6-,12-7+. The van der Waals surface area contributed by atoms with Crippen LogP contribution in [0.3, 0.4) is 0 Å². The predicted octanol–water partition coefficient (Wildman–Crippen LogP) is 2.44. The zero-order valence-electron chi connectivity index (χ0n) is 9.57. The summed E-state index contributed by atoms with van der Waals surface area (Å²) in [5, 5.41) is 0. The van der Waals surface area contributed by atoms with Crippen molar-refractivity contribution in [3.05, 3.63) is 54.7 Å². The molecule has 0 radical (unpaired) electrons. The highest BCUT2D eigenvalue weighted by molar-refractivity contribution is 5.75. The van der Waals surface area contributed by atoms with Crippen LogP contribution in [0.4, 0.5) is 0 Å². The minimum atomic E-state index is 1.09. The highest BCUT2D eigenvalue weighted by atomic mass is 14.9. The topological polar surface area (TPSA) is 16.8 Å². The number of hydrogen-bond acceptors (Lipinski definition) is 1. The highest BCUT2D eigenvalue weighted by Crippen LogP contribution is 2.18. The molecule has 0 spiro atoms. The van der Waals surface area contributed by atoms with Gasteiger partial charge in [0.1, 0.15) is 7.05 Å². The molecule has 1 rings (SSSR count). The fourth-order valence-corrected chi connectivity index (χ4v) is 1.38. The molecule has 0 saturated carbocycles. The Morgan fingerprint density at radius 3 is 2.80 bits per heavy atom. The van der Waals surface area contributed by atoms with Crippen molar-refractivity contribution in [3.63, 3.8) is 0 Å². The second-order valence-electron chi connectivity index (χ2n) is 3.36. The third-order valence-electron chi connectivity index (χ3n) is 2.37. The summed E-state index contributed by atoms with van der Waals surface area (Å²) >= 11 is 0. The zero-order chi connectivity index (χ0) is 11.3. The van der Waals surface area contributed by atoms with Crippen LogP contribution < -0.4 is 4.57 Å². The maximum Gasteiger partial charge on any atom is 0.230 e. The molecule has 0 saturated heterocycles. The summed E-state index contributed by atoms with van der Waals surface area (Å²) in [6, 6.07) is 0. The van der Waals surface area contributed by atoms with E-state index in [2.05, 4.69) is 29.1 Å². The molecule has 2 heteroatoms. The van der Waals surface area contributed by atoms with Gasteiger partial charge >= 0.3 is 0 Å². The monoisotopic (exact) mass is 201 g/mol. The molecular weight excluding hydrogens is 184 g/mol. The van der Waals surface area contributed by atoms with E-state index < -0.39 is 0 Å². The molecule has 0 aromatic carbocycles. The molecule has 78 valence electrons. The lowest BCUT2D eigenvalue weighted by molar-refractivity contribution is -0.674. The fourth-order valence-electron chi connectivity index (χ4n) is 1.38. The molecule has 15 heavy (non-hydrogen) atoms. The first-order valence-corrected chi connectivity index (χ1v) is 4.96. The molecule has 1 aromatic rings. The fraction of sp³-hybridized carbons (Fsp3) is 0.231. The molecule has 0 fully saturated rings. The lowest BCUT2D eigenvalue weighted by Crippen LogP contribution is -2.32. The minimum absolute atomic E-state index is 1.09. The molecule has 0 amide bonds. The van der Waals surface area contributed by atoms with Crippen LogP contribution in [0.25, 0.3) is 5.57 Å². The Morgan fingerprint density at radius 1 is 1.53 bits per heavy atom. The van der Waals surface area contributed by atoms with Gasteiger partial charge in [0.05, 0.1) is 18.0 Å². The maximum atomic E-state index is 4.14. The van der Waals surface area contributed by atoms with Crippen molar-refractivity contribution in [1.82, 2.24) is 4.98 Å². The van der Waals surface area contributed by atoms with E-state index in [1.807, 2.05) is 32.4 Å². The van der Waals surface area contributed by atoms with E-state index in [0.717, 1.165) is 11.3 Å². The van der Waals surface area contributed by atoms with Crippen LogP contribution in [0.5, 0.6) is 0 Å². The van der Waals surface area contributed by atoms with E-state index in [9.17, 15) is 0 Å². The summed E-state index contributed by atoms with van der Waals surface area (Å²) in [7, 11) is 2.01. The SMILES string of the molecule is C=C/C=C(\C(C)=C/C)c1cncc[n+]1C. The number of rotatable bonds is 3. The van der Waals surface area contributed by atoms with Crippen molar-refractivity contribution < 1.29 is 4.57 Å². The molecule has 1 aromatic heterocycles. The molecule has 1 heterocycles. The van der Waals surface area contributed by atoms with E-state index in [-0.39, 0.29) is 0 Å². The maximum absolute atomic E-state index is 4.14. The number of aryl methyl sites for hydroxylation is 1. The lowest BCUT2D eigenvalue weighted by atomic mass is 10.0. The molecule has 0 atom stereocenters. The van der Waals surface area contributed by atoms with E-state index in [1.54, 1.807) is 12.3 Å². The summed E-state index contributed by atoms with van der Waals surface area (Å²) in [5.41, 5.74) is 3.47. The van der Waals surface area contributed by atoms with Gasteiger partial charge in [0.25, 0.3) is 0 Å². The van der Waals surface area contributed by atoms with Gasteiger partial charge in [-0.3, -0.25) is 4.98 Å². The van der Waals surface area contributed by atoms with E-state index >= 15 is 0 Å². The molecule has 0 aliphatic heterocycles. The van der Waals surface area contributed by atoms with Crippen LogP contribution in [-0.2, 0) is 7.05 Å². The Morgan fingerprint density at radius 2 is 2.27 bits per heavy atom. The quantitative estimate of drug-likeness (QED) is 0.542. The van der Waals surface area contributed by atoms with Crippen LogP contribution in [0.15, 0.2) is 49.0 Å². The van der Waals surface area contributed by atoms with Gasteiger partial charge in [-0.05, 0) is 25.5 Å². The average Bonchev–Trinajstić information content (AvgIpc) is 2.26. The van der Waals surface area contributed by atoms with Gasteiger partial charge in [-0.1, -0.05) is 18.7 Å². The second kappa shape index (κ2) is 5.25. The van der Waals surface area contributed by atoms with Crippen LogP contribution in [0.2, 0.25) is 0 Å². The number of hydrogen-bond donors (Lipinski definition) is 0. The van der Waals surface area contributed by atoms with E-state index in [1.165, 1.54) is 5.57 Å². The van der Waals surface area contributed by atoms with E-state index in [0.29, 0.717) is 0 Å². The van der Waals surface area contributed by atoms with Crippen molar-refractivity contribution in [2.45, 2.75) is 13.8 Å². The van der Waals surface area contributed by atoms with Crippen LogP contribution in [0, 0.1) is 0 Å². The second-order valence-corrected chi connectivity index (χ2v) is 3.36. The smallest absolute Gasteiger partial charge is 0.230 e. The summed E-state index contributed by atoms with van der Waals surface area (Å²) < 4.78 is 2.05. The third-order valence-corrected chi connectivity index (χ3v) is 2.37. The minimum Gasteiger partial charge on any atom is -0.252 e. The Labute approximate surface area is 91.3 Å². The molecule has 2 nitrogen and oxygen atoms in total. The molecule has 0 aliphatic rings. The van der Waals surface area contributed by atoms with Gasteiger partial charge < -0.3 is 0 Å². The van der Waals surface area contributed by atoms with E-state index in [4.69, 9.17) is 0 Å². The van der Waals surface area contributed by atoms with Crippen molar-refractivity contribution in [1.29, 1.82) is 0 Å². The summed E-state index contributed by atoms with van der Waals surface area (Å²) in [6.07, 6.45) is 11.5. The zero-order valence-corrected chi connectivity index (χ0v) is 9.57. The summed E-state index contributed by atoms with van der Waals surface area (Å²) in [5.74, 6) is 0. The number of nitrogens with zero attached hydrogens (tertiary/aromatic N) is 2. The first-order chi connectivity index (χ1) is 7.20. The van der Waals surface area contributed by atoms with Crippen LogP contribution in [-0.4, -0.2) is 4.98 Å². The van der Waals surface area contributed by atoms with Gasteiger partial charge in [0, 0.05) is 0 Å². The average molecular weight is 201 g/mol. The van der Waals surface area contributed by atoms with Crippen molar-refractivity contribution in [3.8, 4) is 0 Å². The van der Waals surface area contributed by atoms with Crippen LogP contribution in [0.1, 0.15) is 19.5 Å². The molecular formula is C13H17N2+. The highest BCUT2D eigenvalue weighted by Gasteiger charge is 2.12. The van der Waals surface area contributed by atoms with Gasteiger partial charge in [0.15, 0.2) is 6.20 Å². The Bertz CT molecular complexity index is 414. The van der Waals surface area contributed by atoms with Crippen molar-refractivity contribution >= 4 is 5.57 Å². The van der Waals surface area contributed by atoms with Crippen molar-refractivity contribution in [2.24, 2.45) is 7.05 Å². The number of aromatic nitrogens is 2. The molecule has 0 bridgehead atoms. The molecule has 0 unspecified atom stereocenters. The van der Waals surface area contributed by atoms with Gasteiger partial charge in [-0.25, -0.2) is 0 Å². The normalized spacial score (nSPS) is 12.7. The summed E-state index contributed by atoms with van der Waals surface area (Å²) in [6.45, 7) is 7.86. The van der Waals surface area contributed by atoms with Crippen LogP contribution >= 0.6 is 0 Å². The van der Waals surface area contributed by atoms with Gasteiger partial charge in [-0.15, -0.1) is 0 Å². The van der Waals surface area contributed by atoms with Gasteiger partial charge in [0.2, 0.25) is 5.69 Å². The number of allylic oxidation sites excluding steroid dienone is 5. The van der Waals surface area contributed by atoms with Gasteiger partial charge in [-0.2, -0.15) is 4.57 Å². The Balaban J connectivity index is 3.29.